The molecule has 0 radical (unpaired) electrons. The highest BCUT2D eigenvalue weighted by atomic mass is 16.5. The summed E-state index contributed by atoms with van der Waals surface area (Å²) < 4.78 is 12.4. The van der Waals surface area contributed by atoms with Gasteiger partial charge in [0.2, 0.25) is 0 Å². The number of pyridine rings is 1. The van der Waals surface area contributed by atoms with Crippen LogP contribution in [0.5, 0.6) is 0 Å². The molecule has 10 nitrogen and oxygen atoms in total. The lowest BCUT2D eigenvalue weighted by Gasteiger charge is -2.10. The number of esters is 1. The molecule has 34 heavy (non-hydrogen) atoms. The van der Waals surface area contributed by atoms with Crippen LogP contribution < -0.4 is 10.6 Å². The maximum Gasteiger partial charge on any atom is 0.339 e. The van der Waals surface area contributed by atoms with Gasteiger partial charge in [-0.2, -0.15) is 5.10 Å². The van der Waals surface area contributed by atoms with Crippen LogP contribution in [-0.2, 0) is 9.53 Å². The molecule has 0 atom stereocenters. The van der Waals surface area contributed by atoms with Crippen LogP contribution in [0.2, 0.25) is 0 Å². The van der Waals surface area contributed by atoms with E-state index in [0.29, 0.717) is 33.7 Å². The highest BCUT2D eigenvalue weighted by Crippen LogP contribution is 2.27. The fourth-order valence-corrected chi connectivity index (χ4v) is 3.37. The van der Waals surface area contributed by atoms with Crippen molar-refractivity contribution in [3.05, 3.63) is 66.1 Å². The maximum absolute atomic E-state index is 12.9. The third-order valence-electron chi connectivity index (χ3n) is 5.04. The Morgan fingerprint density at radius 2 is 1.91 bits per heavy atom. The van der Waals surface area contributed by atoms with Crippen LogP contribution in [0.3, 0.4) is 0 Å². The summed E-state index contributed by atoms with van der Waals surface area (Å²) in [6.07, 6.45) is 3.07. The second-order valence-corrected chi connectivity index (χ2v) is 7.73. The number of hydrogen-bond donors (Lipinski definition) is 2. The lowest BCUT2D eigenvalue weighted by molar-refractivity contribution is -0.119. The van der Waals surface area contributed by atoms with Crippen molar-refractivity contribution < 1.29 is 23.5 Å². The minimum atomic E-state index is -0.686. The average molecular weight is 461 g/mol. The Hall–Kier alpha value is -4.47. The Balaban J connectivity index is 1.51. The zero-order valence-electron chi connectivity index (χ0n) is 18.9. The van der Waals surface area contributed by atoms with Crippen molar-refractivity contribution in [3.8, 4) is 11.5 Å². The quantitative estimate of drug-likeness (QED) is 0.404. The van der Waals surface area contributed by atoms with Crippen molar-refractivity contribution >= 4 is 34.5 Å². The molecular weight excluding hydrogens is 438 g/mol. The summed E-state index contributed by atoms with van der Waals surface area (Å²) in [6, 6.07) is 11.4. The molecule has 0 fully saturated rings. The van der Waals surface area contributed by atoms with Gasteiger partial charge in [-0.3, -0.25) is 9.59 Å². The van der Waals surface area contributed by atoms with Crippen molar-refractivity contribution in [1.29, 1.82) is 0 Å². The molecule has 4 rings (SSSR count). The molecule has 0 bridgehead atoms. The van der Waals surface area contributed by atoms with Gasteiger partial charge in [0, 0.05) is 24.3 Å². The molecule has 3 aromatic heterocycles. The molecule has 0 spiro atoms. The molecule has 174 valence electrons. The number of hydrogen-bond acceptors (Lipinski definition) is 7. The number of ether oxygens (including phenoxy) is 1. The van der Waals surface area contributed by atoms with E-state index in [9.17, 15) is 14.4 Å². The summed E-state index contributed by atoms with van der Waals surface area (Å²) in [5.74, 6) is -0.945. The van der Waals surface area contributed by atoms with Crippen molar-refractivity contribution in [2.24, 2.45) is 0 Å². The van der Waals surface area contributed by atoms with Gasteiger partial charge in [0.05, 0.1) is 23.4 Å². The smallest absolute Gasteiger partial charge is 0.339 e. The Morgan fingerprint density at radius 3 is 2.56 bits per heavy atom. The molecule has 0 aliphatic rings. The minimum Gasteiger partial charge on any atom is -0.463 e. The van der Waals surface area contributed by atoms with E-state index in [1.165, 1.54) is 13.3 Å². The average Bonchev–Trinajstić information content (AvgIpc) is 3.52. The molecule has 0 aliphatic carbocycles. The van der Waals surface area contributed by atoms with Crippen molar-refractivity contribution in [3.63, 3.8) is 0 Å². The number of rotatable bonds is 7. The summed E-state index contributed by atoms with van der Waals surface area (Å²) in [6.45, 7) is 3.42. The summed E-state index contributed by atoms with van der Waals surface area (Å²) in [5.41, 5.74) is 2.12. The molecular formula is C24H23N5O5. The van der Waals surface area contributed by atoms with E-state index in [1.54, 1.807) is 53.3 Å². The third-order valence-corrected chi connectivity index (χ3v) is 5.04. The normalized spacial score (nSPS) is 10.9. The van der Waals surface area contributed by atoms with Crippen molar-refractivity contribution in [2.75, 3.05) is 19.0 Å². The molecule has 2 amide bonds. The number of carbonyl (C=O) groups is 3. The first-order valence-electron chi connectivity index (χ1n) is 10.6. The lowest BCUT2D eigenvalue weighted by atomic mass is 10.1. The highest BCUT2D eigenvalue weighted by molar-refractivity contribution is 6.04. The van der Waals surface area contributed by atoms with Crippen LogP contribution in [0, 0.1) is 0 Å². The number of nitrogens with zero attached hydrogens (tertiary/aromatic N) is 3. The van der Waals surface area contributed by atoms with Crippen LogP contribution in [-0.4, -0.2) is 46.2 Å². The van der Waals surface area contributed by atoms with Crippen LogP contribution in [0.15, 0.2) is 59.3 Å². The molecule has 4 aromatic rings. The monoisotopic (exact) mass is 461 g/mol. The number of aromatic nitrogens is 3. The van der Waals surface area contributed by atoms with E-state index in [2.05, 4.69) is 20.7 Å². The molecule has 1 aromatic carbocycles. The van der Waals surface area contributed by atoms with Gasteiger partial charge in [-0.15, -0.1) is 0 Å². The van der Waals surface area contributed by atoms with Gasteiger partial charge in [0.1, 0.15) is 5.69 Å². The van der Waals surface area contributed by atoms with Crippen LogP contribution in [0.25, 0.3) is 22.5 Å². The first-order valence-corrected chi connectivity index (χ1v) is 10.6. The van der Waals surface area contributed by atoms with Gasteiger partial charge in [-0.1, -0.05) is 0 Å². The number of fused-ring (bicyclic) bond motifs is 1. The number of anilines is 1. The van der Waals surface area contributed by atoms with Gasteiger partial charge in [0.15, 0.2) is 18.0 Å². The SMILES string of the molecule is CNC(=O)c1ccc(NC(=O)COC(=O)c2cc(-c3ccco3)nc3c2cnn3C(C)C)cc1. The third kappa shape index (κ3) is 4.65. The first-order chi connectivity index (χ1) is 16.4. The number of nitrogens with one attached hydrogen (secondary N) is 2. The van der Waals surface area contributed by atoms with E-state index in [4.69, 9.17) is 9.15 Å². The van der Waals surface area contributed by atoms with Crippen LogP contribution >= 0.6 is 0 Å². The Morgan fingerprint density at radius 1 is 1.15 bits per heavy atom. The number of furan rings is 1. The van der Waals surface area contributed by atoms with Crippen molar-refractivity contribution in [2.45, 2.75) is 19.9 Å². The summed E-state index contributed by atoms with van der Waals surface area (Å²) in [4.78, 5) is 41.5. The van der Waals surface area contributed by atoms with Gasteiger partial charge >= 0.3 is 5.97 Å². The molecule has 2 N–H and O–H groups in total. The second kappa shape index (κ2) is 9.57. The van der Waals surface area contributed by atoms with Gasteiger partial charge in [-0.25, -0.2) is 14.5 Å². The Labute approximate surface area is 194 Å². The molecule has 3 heterocycles. The van der Waals surface area contributed by atoms with Crippen molar-refractivity contribution in [1.82, 2.24) is 20.1 Å². The number of amides is 2. The van der Waals surface area contributed by atoms with E-state index < -0.39 is 18.5 Å². The van der Waals surface area contributed by atoms with Crippen LogP contribution in [0.1, 0.15) is 40.6 Å². The predicted molar refractivity (Wildman–Crippen MR) is 124 cm³/mol. The van der Waals surface area contributed by atoms with Gasteiger partial charge in [0.25, 0.3) is 11.8 Å². The topological polar surface area (TPSA) is 128 Å². The lowest BCUT2D eigenvalue weighted by Crippen LogP contribution is -2.21. The molecule has 0 saturated heterocycles. The van der Waals surface area contributed by atoms with Gasteiger partial charge < -0.3 is 19.8 Å². The Bertz CT molecular complexity index is 1340. The predicted octanol–water partition coefficient (Wildman–Crippen LogP) is 3.43. The summed E-state index contributed by atoms with van der Waals surface area (Å²) in [7, 11) is 1.54. The summed E-state index contributed by atoms with van der Waals surface area (Å²) in [5, 5.41) is 10.0. The van der Waals surface area contributed by atoms with E-state index in [-0.39, 0.29) is 17.5 Å². The van der Waals surface area contributed by atoms with E-state index in [0.717, 1.165) is 0 Å². The Kier molecular flexibility index (Phi) is 6.39. The van der Waals surface area contributed by atoms with Gasteiger partial charge in [-0.05, 0) is 56.3 Å². The van der Waals surface area contributed by atoms with E-state index >= 15 is 0 Å². The maximum atomic E-state index is 12.9. The largest absolute Gasteiger partial charge is 0.463 e. The molecule has 0 unspecified atom stereocenters. The van der Waals surface area contributed by atoms with Crippen LogP contribution in [0.4, 0.5) is 5.69 Å². The molecule has 0 aliphatic heterocycles. The zero-order chi connectivity index (χ0) is 24.2. The zero-order valence-corrected chi connectivity index (χ0v) is 18.9. The minimum absolute atomic E-state index is 0.0151. The second-order valence-electron chi connectivity index (χ2n) is 7.73. The number of benzene rings is 1. The first kappa shape index (κ1) is 22.7. The fraction of sp³-hybridized carbons (Fsp3) is 0.208. The fourth-order valence-electron chi connectivity index (χ4n) is 3.37. The van der Waals surface area contributed by atoms with E-state index in [1.807, 2.05) is 13.8 Å². The summed E-state index contributed by atoms with van der Waals surface area (Å²) >= 11 is 0. The number of carbonyl (C=O) groups excluding carboxylic acids is 3. The molecule has 10 heteroatoms. The molecule has 0 saturated carbocycles. The standard InChI is InChI=1S/C24H23N5O5/c1-14(2)29-22-18(12-26-29)17(11-19(28-22)20-5-4-10-33-20)24(32)34-13-21(30)27-16-8-6-15(7-9-16)23(31)25-3/h4-12,14H,13H2,1-3H3,(H,25,31)(H,27,30). The highest BCUT2D eigenvalue weighted by Gasteiger charge is 2.21.